The monoisotopic (exact) mass is 1230 g/mol. The Morgan fingerprint density at radius 2 is 0.368 bits per heavy atom. The highest BCUT2D eigenvalue weighted by molar-refractivity contribution is 4.89. The molecule has 2 bridgehead atoms. The summed E-state index contributed by atoms with van der Waals surface area (Å²) in [4.78, 5) is 0. The van der Waals surface area contributed by atoms with Gasteiger partial charge in [-0.2, -0.15) is 0 Å². The van der Waals surface area contributed by atoms with Gasteiger partial charge in [0.25, 0.3) is 0 Å². The van der Waals surface area contributed by atoms with Crippen LogP contribution in [-0.4, -0.2) is 51.5 Å². The Hall–Kier alpha value is -0.160. The van der Waals surface area contributed by atoms with Crippen LogP contribution in [0.1, 0.15) is 407 Å². The molecule has 528 valence electrons. The fraction of sp³-hybridized carbons (Fsp3) is 1.00. The van der Waals surface area contributed by atoms with Gasteiger partial charge in [0.15, 0.2) is 0 Å². The van der Waals surface area contributed by atoms with E-state index in [9.17, 15) is 0 Å². The van der Waals surface area contributed by atoms with Gasteiger partial charge in [-0.1, -0.05) is 298 Å². The second-order valence-electron chi connectivity index (χ2n) is 40.7. The third-order valence-corrected chi connectivity index (χ3v) is 17.4. The van der Waals surface area contributed by atoms with E-state index in [1.165, 1.54) is 232 Å². The number of ether oxygens (including phenoxy) is 1. The lowest BCUT2D eigenvalue weighted by molar-refractivity contribution is -0.0443. The first-order chi connectivity index (χ1) is 39.5. The summed E-state index contributed by atoms with van der Waals surface area (Å²) in [5.74, 6) is 4.98. The standard InChI is InChI=1S/C11H20O.C10H20.C9H18.C8H16.C7H14.C6H12.C5H11N.4C5H12.C4H9N.C3H7N/c1-11(2,3)8-6-9-4-5-10(7-8)12-9;1-10(2,3)9-7-5-4-6-8-9;1-9(2,3)8-6-4-5-7-8;1-8(2,3)7-5-4-6-7;1-7(2,3)6-4-5-6;2*1-2-4-6-5-3-1;4*1-5(2,3)4;1-2-4-5-3-1;1-2-4-3-1/h8-10H,4-7H2,1-3H3;9H,4-8H2,1-3H3;8H,4-7H2,1-3H3;7H,4-6H2,1-3H3;6H,4-5H2,1-3H3;1-6H2;6H,1-5H2;4*1-4H3;5H,1-4H2;4H,1-3H2/t8?,9-,10?;;;;;;;;;;;;/m1............/s1. The van der Waals surface area contributed by atoms with Gasteiger partial charge in [-0.3, -0.25) is 0 Å². The van der Waals surface area contributed by atoms with Crippen molar-refractivity contribution in [3.63, 3.8) is 0 Å². The van der Waals surface area contributed by atoms with Crippen LogP contribution in [0.5, 0.6) is 0 Å². The minimum atomic E-state index is 0.491. The fourth-order valence-electron chi connectivity index (χ4n) is 11.2. The molecule has 10 fully saturated rings. The average molecular weight is 1230 g/mol. The van der Waals surface area contributed by atoms with Crippen LogP contribution in [0.4, 0.5) is 0 Å². The molecule has 5 saturated carbocycles. The van der Waals surface area contributed by atoms with E-state index in [2.05, 4.69) is 231 Å². The number of rotatable bonds is 0. The Morgan fingerprint density at radius 3 is 0.506 bits per heavy atom. The normalized spacial score (nSPS) is 23.3. The Morgan fingerprint density at radius 1 is 0.195 bits per heavy atom. The van der Waals surface area contributed by atoms with Crippen molar-refractivity contribution < 1.29 is 4.74 Å². The zero-order valence-electron chi connectivity index (χ0n) is 66.9. The van der Waals surface area contributed by atoms with Crippen molar-refractivity contribution in [2.75, 3.05) is 39.3 Å². The lowest BCUT2D eigenvalue weighted by Gasteiger charge is -2.37. The summed E-state index contributed by atoms with van der Waals surface area (Å²) in [6, 6.07) is 0. The molecule has 0 radical (unpaired) electrons. The zero-order chi connectivity index (χ0) is 67.8. The van der Waals surface area contributed by atoms with E-state index < -0.39 is 0 Å². The molecular weight excluding hydrogens is 1050 g/mol. The number of hydrogen-bond donors (Lipinski definition) is 3. The predicted octanol–water partition coefficient (Wildman–Crippen LogP) is 26.8. The van der Waals surface area contributed by atoms with Gasteiger partial charge < -0.3 is 20.7 Å². The third-order valence-electron chi connectivity index (χ3n) is 17.4. The molecule has 4 heteroatoms. The molecule has 4 nitrogen and oxygen atoms in total. The number of hydrogen-bond acceptors (Lipinski definition) is 4. The van der Waals surface area contributed by atoms with Crippen molar-refractivity contribution in [2.45, 2.75) is 419 Å². The molecule has 5 saturated heterocycles. The lowest BCUT2D eigenvalue weighted by atomic mass is 9.69. The summed E-state index contributed by atoms with van der Waals surface area (Å²) in [5.41, 5.74) is 4.85. The predicted molar refractivity (Wildman–Crippen MR) is 401 cm³/mol. The van der Waals surface area contributed by atoms with Crippen LogP contribution in [0, 0.1) is 78.3 Å². The van der Waals surface area contributed by atoms with Gasteiger partial charge in [-0.05, 0) is 227 Å². The summed E-state index contributed by atoms with van der Waals surface area (Å²) >= 11 is 0. The van der Waals surface area contributed by atoms with Crippen LogP contribution in [0.25, 0.3) is 0 Å². The summed E-state index contributed by atoms with van der Waals surface area (Å²) in [6.45, 7) is 77.8. The second-order valence-corrected chi connectivity index (χ2v) is 40.7. The SMILES string of the molecule is C1CCCCC1.C1CCNC1.C1CCNCC1.C1CNC1.CC(C)(C)C.CC(C)(C)C.CC(C)(C)C.CC(C)(C)C.CC(C)(C)C1CC1.CC(C)(C)C1CC2CC[C@H](C1)O2.CC(C)(C)C1CCC1.CC(C)(C)C1CCCC1.CC(C)(C)C1CCCCC1. The van der Waals surface area contributed by atoms with E-state index in [0.717, 1.165) is 29.6 Å². The molecule has 0 aromatic rings. The molecule has 3 N–H and O–H groups in total. The van der Waals surface area contributed by atoms with Crippen LogP contribution >= 0.6 is 0 Å². The molecule has 10 rings (SSSR count). The molecule has 5 heterocycles. The van der Waals surface area contributed by atoms with Gasteiger partial charge in [0.05, 0.1) is 12.2 Å². The van der Waals surface area contributed by atoms with E-state index in [1.54, 1.807) is 0 Å². The number of nitrogens with one attached hydrogen (secondary N) is 3. The summed E-state index contributed by atoms with van der Waals surface area (Å²) in [6.07, 6.45) is 44.5. The maximum Gasteiger partial charge on any atom is 0.0582 e. The van der Waals surface area contributed by atoms with Crippen LogP contribution in [0.3, 0.4) is 0 Å². The number of fused-ring (bicyclic) bond motifs is 2. The molecule has 87 heavy (non-hydrogen) atoms. The van der Waals surface area contributed by atoms with Crippen LogP contribution in [0.15, 0.2) is 0 Å². The minimum Gasteiger partial charge on any atom is -0.375 e. The molecule has 10 aliphatic rings. The van der Waals surface area contributed by atoms with Crippen LogP contribution < -0.4 is 16.0 Å². The highest BCUT2D eigenvalue weighted by Gasteiger charge is 2.39. The van der Waals surface area contributed by atoms with Gasteiger partial charge in [0, 0.05) is 0 Å². The second kappa shape index (κ2) is 46.8. The molecule has 3 atom stereocenters. The number of piperidine rings is 1. The van der Waals surface area contributed by atoms with Gasteiger partial charge >= 0.3 is 0 Å². The first-order valence-electron chi connectivity index (χ1n) is 38.3. The van der Waals surface area contributed by atoms with Crippen LogP contribution in [-0.2, 0) is 4.74 Å². The average Bonchev–Trinajstić information content (AvgIpc) is 2.82. The van der Waals surface area contributed by atoms with Gasteiger partial charge in [0.1, 0.15) is 0 Å². The van der Waals surface area contributed by atoms with Crippen molar-refractivity contribution in [2.24, 2.45) is 78.3 Å². The smallest absolute Gasteiger partial charge is 0.0582 e. The molecule has 0 aromatic carbocycles. The molecule has 5 aliphatic carbocycles. The van der Waals surface area contributed by atoms with Crippen molar-refractivity contribution in [3.8, 4) is 0 Å². The summed E-state index contributed by atoms with van der Waals surface area (Å²) in [7, 11) is 0. The van der Waals surface area contributed by atoms with Crippen molar-refractivity contribution in [1.82, 2.24) is 16.0 Å². The van der Waals surface area contributed by atoms with Gasteiger partial charge in [0.2, 0.25) is 0 Å². The van der Waals surface area contributed by atoms with Crippen molar-refractivity contribution >= 4 is 0 Å². The maximum absolute atomic E-state index is 5.82. The largest absolute Gasteiger partial charge is 0.375 e. The fourth-order valence-corrected chi connectivity index (χ4v) is 11.2. The first-order valence-corrected chi connectivity index (χ1v) is 38.3. The highest BCUT2D eigenvalue weighted by Crippen LogP contribution is 2.45. The Balaban J connectivity index is -0.000000890. The Kier molecular flexibility index (Phi) is 49.0. The lowest BCUT2D eigenvalue weighted by Crippen LogP contribution is -2.32. The highest BCUT2D eigenvalue weighted by atomic mass is 16.5. The topological polar surface area (TPSA) is 45.3 Å². The molecular formula is C83H175N3O. The zero-order valence-corrected chi connectivity index (χ0v) is 66.9. The van der Waals surface area contributed by atoms with E-state index in [0.29, 0.717) is 60.9 Å². The van der Waals surface area contributed by atoms with E-state index in [4.69, 9.17) is 4.74 Å². The Bertz CT molecular complexity index is 1350. The molecule has 0 spiro atoms. The molecule has 0 aromatic heterocycles. The van der Waals surface area contributed by atoms with Crippen molar-refractivity contribution in [3.05, 3.63) is 0 Å². The minimum absolute atomic E-state index is 0.491. The first kappa shape index (κ1) is 91.0. The van der Waals surface area contributed by atoms with Gasteiger partial charge in [-0.15, -0.1) is 0 Å². The summed E-state index contributed by atoms with van der Waals surface area (Å²) in [5, 5.41) is 9.62. The van der Waals surface area contributed by atoms with E-state index >= 15 is 0 Å². The molecule has 2 unspecified atom stereocenters. The van der Waals surface area contributed by atoms with Gasteiger partial charge in [-0.25, -0.2) is 0 Å². The quantitative estimate of drug-likeness (QED) is 0.226. The third kappa shape index (κ3) is 71.5. The molecule has 0 amide bonds. The van der Waals surface area contributed by atoms with Crippen LogP contribution in [0.2, 0.25) is 0 Å². The van der Waals surface area contributed by atoms with E-state index in [1.807, 2.05) is 0 Å². The molecule has 5 aliphatic heterocycles. The summed E-state index contributed by atoms with van der Waals surface area (Å²) < 4.78 is 5.82. The van der Waals surface area contributed by atoms with E-state index in [-0.39, 0.29) is 0 Å². The maximum atomic E-state index is 5.82. The Labute approximate surface area is 554 Å². The van der Waals surface area contributed by atoms with Crippen molar-refractivity contribution in [1.29, 1.82) is 0 Å².